The number of nitrogens with one attached hydrogen (secondary N) is 1. The van der Waals surface area contributed by atoms with Crippen molar-refractivity contribution in [3.63, 3.8) is 0 Å². The van der Waals surface area contributed by atoms with E-state index in [1.165, 1.54) is 0 Å². The number of amides is 1. The fourth-order valence-electron chi connectivity index (χ4n) is 4.17. The largest absolute Gasteiger partial charge is 0.371 e. The molecule has 1 N–H and O–H groups in total. The van der Waals surface area contributed by atoms with Gasteiger partial charge in [-0.05, 0) is 37.3 Å². The predicted molar refractivity (Wildman–Crippen MR) is 121 cm³/mol. The van der Waals surface area contributed by atoms with Crippen molar-refractivity contribution in [2.24, 2.45) is 7.05 Å². The number of pyridine rings is 1. The Morgan fingerprint density at radius 3 is 2.77 bits per heavy atom. The first-order valence-corrected chi connectivity index (χ1v) is 11.1. The predicted octanol–water partition coefficient (Wildman–Crippen LogP) is 4.30. The van der Waals surface area contributed by atoms with Gasteiger partial charge in [-0.3, -0.25) is 14.5 Å². The van der Waals surface area contributed by atoms with Gasteiger partial charge in [0.25, 0.3) is 5.91 Å². The third-order valence-corrected chi connectivity index (χ3v) is 5.82. The lowest BCUT2D eigenvalue weighted by molar-refractivity contribution is 0.0272. The van der Waals surface area contributed by atoms with Crippen LogP contribution in [0.2, 0.25) is 0 Å². The van der Waals surface area contributed by atoms with Crippen LogP contribution >= 0.6 is 0 Å². The summed E-state index contributed by atoms with van der Waals surface area (Å²) in [5.74, 6) is -0.0677. The molecule has 3 aromatic rings. The molecule has 0 aliphatic heterocycles. The first-order chi connectivity index (χ1) is 15.1. The van der Waals surface area contributed by atoms with E-state index in [-0.39, 0.29) is 18.1 Å². The molecular weight excluding hydrogens is 388 g/mol. The molecule has 0 bridgehead atoms. The van der Waals surface area contributed by atoms with E-state index in [1.807, 2.05) is 43.7 Å². The zero-order valence-electron chi connectivity index (χ0n) is 18.3. The Labute approximate surface area is 183 Å². The van der Waals surface area contributed by atoms with E-state index in [4.69, 9.17) is 4.74 Å². The van der Waals surface area contributed by atoms with Crippen molar-refractivity contribution in [3.8, 4) is 11.1 Å². The van der Waals surface area contributed by atoms with Crippen LogP contribution in [0.25, 0.3) is 11.1 Å². The molecule has 162 valence electrons. The first kappa shape index (κ1) is 21.2. The topological polar surface area (TPSA) is 69.0 Å². The second-order valence-electron chi connectivity index (χ2n) is 8.22. The molecule has 0 unspecified atom stereocenters. The SMILES string of the molecule is CCCc1ncc(-c2cnn(C)c2)cc1C(=O)N[C@H]1CCC[C@@H]1OCc1ccccc1. The Bertz CT molecular complexity index is 1020. The van der Waals surface area contributed by atoms with Crippen molar-refractivity contribution >= 4 is 5.91 Å². The van der Waals surface area contributed by atoms with Crippen LogP contribution in [-0.2, 0) is 24.8 Å². The molecule has 1 aromatic carbocycles. The maximum Gasteiger partial charge on any atom is 0.253 e. The summed E-state index contributed by atoms with van der Waals surface area (Å²) in [4.78, 5) is 17.9. The number of aromatic nitrogens is 3. The molecule has 2 atom stereocenters. The van der Waals surface area contributed by atoms with E-state index in [9.17, 15) is 4.79 Å². The maximum absolute atomic E-state index is 13.3. The highest BCUT2D eigenvalue weighted by Crippen LogP contribution is 2.25. The second-order valence-corrected chi connectivity index (χ2v) is 8.22. The Morgan fingerprint density at radius 1 is 1.19 bits per heavy atom. The first-order valence-electron chi connectivity index (χ1n) is 11.1. The van der Waals surface area contributed by atoms with Gasteiger partial charge in [0.1, 0.15) is 0 Å². The van der Waals surface area contributed by atoms with Crippen LogP contribution in [0.5, 0.6) is 0 Å². The van der Waals surface area contributed by atoms with Gasteiger partial charge in [-0.15, -0.1) is 0 Å². The van der Waals surface area contributed by atoms with Crippen LogP contribution < -0.4 is 5.32 Å². The summed E-state index contributed by atoms with van der Waals surface area (Å²) >= 11 is 0. The van der Waals surface area contributed by atoms with Gasteiger partial charge in [0, 0.05) is 30.6 Å². The molecule has 6 heteroatoms. The normalized spacial score (nSPS) is 18.3. The van der Waals surface area contributed by atoms with E-state index in [0.717, 1.165) is 54.5 Å². The van der Waals surface area contributed by atoms with Gasteiger partial charge in [-0.1, -0.05) is 43.7 Å². The highest BCUT2D eigenvalue weighted by atomic mass is 16.5. The molecule has 1 saturated carbocycles. The fourth-order valence-corrected chi connectivity index (χ4v) is 4.17. The third kappa shape index (κ3) is 5.20. The summed E-state index contributed by atoms with van der Waals surface area (Å²) in [6, 6.07) is 12.1. The van der Waals surface area contributed by atoms with Gasteiger partial charge >= 0.3 is 0 Å². The summed E-state index contributed by atoms with van der Waals surface area (Å²) in [5, 5.41) is 7.48. The van der Waals surface area contributed by atoms with Gasteiger partial charge in [0.2, 0.25) is 0 Å². The molecule has 4 rings (SSSR count). The smallest absolute Gasteiger partial charge is 0.253 e. The molecule has 0 spiro atoms. The van der Waals surface area contributed by atoms with E-state index in [0.29, 0.717) is 12.2 Å². The van der Waals surface area contributed by atoms with Crippen molar-refractivity contribution in [1.82, 2.24) is 20.1 Å². The number of benzene rings is 1. The van der Waals surface area contributed by atoms with E-state index in [1.54, 1.807) is 10.9 Å². The molecule has 2 heterocycles. The minimum atomic E-state index is -0.0677. The molecular formula is C25H30N4O2. The number of carbonyl (C=O) groups excluding carboxylic acids is 1. The van der Waals surface area contributed by atoms with Crippen LogP contribution in [0.3, 0.4) is 0 Å². The number of hydrogen-bond donors (Lipinski definition) is 1. The average Bonchev–Trinajstić information content (AvgIpc) is 3.42. The standard InChI is InChI=1S/C25H30N4O2/c1-3-8-22-21(13-19(14-26-22)20-15-27-29(2)16-20)25(30)28-23-11-7-12-24(23)31-17-18-9-5-4-6-10-18/h4-6,9-10,13-16,23-24H,3,7-8,11-12,17H2,1-2H3,(H,28,30)/t23-,24-/m0/s1. The molecule has 0 radical (unpaired) electrons. The monoisotopic (exact) mass is 418 g/mol. The summed E-state index contributed by atoms with van der Waals surface area (Å²) in [5.41, 5.74) is 4.50. The maximum atomic E-state index is 13.3. The van der Waals surface area contributed by atoms with Gasteiger partial charge in [0.05, 0.1) is 36.2 Å². The Morgan fingerprint density at radius 2 is 2.03 bits per heavy atom. The van der Waals surface area contributed by atoms with E-state index >= 15 is 0 Å². The number of carbonyl (C=O) groups is 1. The lowest BCUT2D eigenvalue weighted by Crippen LogP contribution is -2.41. The summed E-state index contributed by atoms with van der Waals surface area (Å²) in [7, 11) is 1.88. The van der Waals surface area contributed by atoms with Gasteiger partial charge in [-0.2, -0.15) is 5.10 Å². The Balaban J connectivity index is 1.48. The van der Waals surface area contributed by atoms with Crippen molar-refractivity contribution in [1.29, 1.82) is 0 Å². The van der Waals surface area contributed by atoms with Crippen LogP contribution in [0.4, 0.5) is 0 Å². The fraction of sp³-hybridized carbons (Fsp3) is 0.400. The minimum absolute atomic E-state index is 0.0211. The van der Waals surface area contributed by atoms with Gasteiger partial charge in [-0.25, -0.2) is 0 Å². The quantitative estimate of drug-likeness (QED) is 0.592. The lowest BCUT2D eigenvalue weighted by Gasteiger charge is -2.22. The molecule has 6 nitrogen and oxygen atoms in total. The third-order valence-electron chi connectivity index (χ3n) is 5.82. The molecule has 1 fully saturated rings. The minimum Gasteiger partial charge on any atom is -0.371 e. The molecule has 1 aliphatic rings. The van der Waals surface area contributed by atoms with Crippen molar-refractivity contribution < 1.29 is 9.53 Å². The molecule has 0 saturated heterocycles. The van der Waals surface area contributed by atoms with Crippen LogP contribution in [0.1, 0.15) is 54.2 Å². The number of hydrogen-bond acceptors (Lipinski definition) is 4. The molecule has 2 aromatic heterocycles. The van der Waals surface area contributed by atoms with Crippen LogP contribution in [-0.4, -0.2) is 32.8 Å². The molecule has 1 aliphatic carbocycles. The number of rotatable bonds is 8. The average molecular weight is 419 g/mol. The van der Waals surface area contributed by atoms with Crippen molar-refractivity contribution in [3.05, 3.63) is 71.8 Å². The Hall–Kier alpha value is -2.99. The molecule has 1 amide bonds. The highest BCUT2D eigenvalue weighted by molar-refractivity contribution is 5.96. The highest BCUT2D eigenvalue weighted by Gasteiger charge is 2.30. The van der Waals surface area contributed by atoms with Crippen LogP contribution in [0.15, 0.2) is 55.0 Å². The summed E-state index contributed by atoms with van der Waals surface area (Å²) in [6.45, 7) is 2.67. The number of nitrogens with zero attached hydrogens (tertiary/aromatic N) is 3. The van der Waals surface area contributed by atoms with Crippen LogP contribution in [0, 0.1) is 0 Å². The van der Waals surface area contributed by atoms with E-state index in [2.05, 4.69) is 34.5 Å². The van der Waals surface area contributed by atoms with Crippen molar-refractivity contribution in [2.75, 3.05) is 0 Å². The lowest BCUT2D eigenvalue weighted by atomic mass is 10.0. The van der Waals surface area contributed by atoms with E-state index < -0.39 is 0 Å². The number of ether oxygens (including phenoxy) is 1. The van der Waals surface area contributed by atoms with Gasteiger partial charge in [0.15, 0.2) is 0 Å². The summed E-state index contributed by atoms with van der Waals surface area (Å²) in [6.07, 6.45) is 10.3. The summed E-state index contributed by atoms with van der Waals surface area (Å²) < 4.78 is 7.92. The number of aryl methyl sites for hydroxylation is 2. The molecule has 31 heavy (non-hydrogen) atoms. The Kier molecular flexibility index (Phi) is 6.77. The zero-order chi connectivity index (χ0) is 21.6. The van der Waals surface area contributed by atoms with Gasteiger partial charge < -0.3 is 10.1 Å². The second kappa shape index (κ2) is 9.88. The zero-order valence-corrected chi connectivity index (χ0v) is 18.3. The van der Waals surface area contributed by atoms with Crippen molar-refractivity contribution in [2.45, 2.75) is 57.8 Å².